The van der Waals surface area contributed by atoms with E-state index in [-0.39, 0.29) is 60.2 Å². The summed E-state index contributed by atoms with van der Waals surface area (Å²) in [7, 11) is -2.57. The van der Waals surface area contributed by atoms with Crippen LogP contribution in [0.3, 0.4) is 0 Å². The van der Waals surface area contributed by atoms with E-state index in [9.17, 15) is 47.4 Å². The smallest absolute Gasteiger partial charge is 0.309 e. The van der Waals surface area contributed by atoms with E-state index in [4.69, 9.17) is 10.5 Å². The maximum atomic E-state index is 13.4. The number of carboxylic acids is 1. The Morgan fingerprint density at radius 2 is 1.59 bits per heavy atom. The minimum absolute atomic E-state index is 0.0733. The molecule has 0 saturated heterocycles. The second-order valence-electron chi connectivity index (χ2n) is 14.4. The molecule has 3 aromatic rings. The number of nitrogens with two attached hydrogens (primary N) is 1. The van der Waals surface area contributed by atoms with Crippen molar-refractivity contribution in [1.29, 1.82) is 0 Å². The first kappa shape index (κ1) is 50.3. The van der Waals surface area contributed by atoms with Gasteiger partial charge in [0.25, 0.3) is 5.91 Å². The van der Waals surface area contributed by atoms with E-state index in [0.29, 0.717) is 41.7 Å². The van der Waals surface area contributed by atoms with Crippen molar-refractivity contribution in [2.24, 2.45) is 18.7 Å². The molecule has 61 heavy (non-hydrogen) atoms. The molecule has 0 bridgehead atoms. The van der Waals surface area contributed by atoms with E-state index in [1.807, 2.05) is 0 Å². The molecule has 0 saturated carbocycles. The number of aryl methyl sites for hydroxylation is 3. The Morgan fingerprint density at radius 3 is 2.20 bits per heavy atom. The second kappa shape index (κ2) is 23.8. The first-order chi connectivity index (χ1) is 28.9. The lowest BCUT2D eigenvalue weighted by Gasteiger charge is -2.23. The summed E-state index contributed by atoms with van der Waals surface area (Å²) in [5.41, 5.74) is 6.97. The van der Waals surface area contributed by atoms with Crippen LogP contribution in [0.25, 0.3) is 10.9 Å². The minimum atomic E-state index is -4.23. The Morgan fingerprint density at radius 1 is 0.934 bits per heavy atom. The van der Waals surface area contributed by atoms with E-state index >= 15 is 0 Å². The van der Waals surface area contributed by atoms with Crippen LogP contribution in [-0.2, 0) is 42.8 Å². The SMILES string of the molecule is CC[C@H](NC(=O)[C@H](CC)NC(O)CS)C(=O)NCCNC(=O)CCCOc1cc(C)c(S(=O)(=O)NCC(CNC(=O)c2cn(C)c3cc(CN)ccc3c2=O)C(=O)O)c(C)c1. The van der Waals surface area contributed by atoms with Gasteiger partial charge in [-0.25, -0.2) is 13.1 Å². The van der Waals surface area contributed by atoms with Crippen molar-refractivity contribution in [2.45, 2.75) is 83.1 Å². The zero-order valence-corrected chi connectivity index (χ0v) is 36.7. The lowest BCUT2D eigenvalue weighted by molar-refractivity contribution is -0.141. The second-order valence-corrected chi connectivity index (χ2v) is 16.5. The van der Waals surface area contributed by atoms with Crippen molar-refractivity contribution >= 4 is 63.2 Å². The molecule has 1 heterocycles. The Balaban J connectivity index is 1.46. The van der Waals surface area contributed by atoms with E-state index in [1.165, 1.54) is 18.3 Å². The Bertz CT molecular complexity index is 2190. The van der Waals surface area contributed by atoms with Gasteiger partial charge < -0.3 is 46.5 Å². The van der Waals surface area contributed by atoms with Gasteiger partial charge in [0, 0.05) is 63.5 Å². The molecule has 0 spiro atoms. The Labute approximate surface area is 360 Å². The van der Waals surface area contributed by atoms with Gasteiger partial charge in [-0.15, -0.1) is 0 Å². The summed E-state index contributed by atoms with van der Waals surface area (Å²) in [5.74, 6) is -4.19. The number of aliphatic hydroxyl groups is 1. The lowest BCUT2D eigenvalue weighted by Crippen LogP contribution is -2.54. The number of hydrogen-bond donors (Lipinski definition) is 10. The lowest BCUT2D eigenvalue weighted by atomic mass is 10.1. The van der Waals surface area contributed by atoms with Gasteiger partial charge in [0.1, 0.15) is 23.6 Å². The molecule has 2 aromatic carbocycles. The van der Waals surface area contributed by atoms with Crippen molar-refractivity contribution in [2.75, 3.05) is 38.5 Å². The van der Waals surface area contributed by atoms with Gasteiger partial charge in [0.05, 0.1) is 29.0 Å². The predicted octanol–water partition coefficient (Wildman–Crippen LogP) is -0.0743. The average Bonchev–Trinajstić information content (AvgIpc) is 3.22. The van der Waals surface area contributed by atoms with Gasteiger partial charge in [-0.05, 0) is 74.1 Å². The molecule has 21 heteroatoms. The van der Waals surface area contributed by atoms with Crippen LogP contribution >= 0.6 is 12.6 Å². The summed E-state index contributed by atoms with van der Waals surface area (Å²) in [6.07, 6.45) is 1.53. The maximum absolute atomic E-state index is 13.4. The number of ether oxygens (including phenoxy) is 1. The fraction of sp³-hybridized carbons (Fsp3) is 0.500. The third kappa shape index (κ3) is 14.5. The molecule has 2 unspecified atom stereocenters. The first-order valence-corrected chi connectivity index (χ1v) is 22.0. The highest BCUT2D eigenvalue weighted by Crippen LogP contribution is 2.26. The van der Waals surface area contributed by atoms with Crippen LogP contribution in [0, 0.1) is 19.8 Å². The molecule has 4 atom stereocenters. The molecule has 0 radical (unpaired) electrons. The summed E-state index contributed by atoms with van der Waals surface area (Å²) in [6, 6.07) is 6.52. The van der Waals surface area contributed by atoms with Gasteiger partial charge in [-0.3, -0.25) is 34.1 Å². The number of carboxylic acid groups (broad SMARTS) is 1. The summed E-state index contributed by atoms with van der Waals surface area (Å²) >= 11 is 3.99. The van der Waals surface area contributed by atoms with Crippen LogP contribution in [0.15, 0.2) is 46.2 Å². The molecule has 0 aliphatic heterocycles. The molecule has 0 aliphatic rings. The maximum Gasteiger partial charge on any atom is 0.309 e. The van der Waals surface area contributed by atoms with Gasteiger partial charge in [0.2, 0.25) is 33.2 Å². The van der Waals surface area contributed by atoms with Crippen molar-refractivity contribution in [3.8, 4) is 5.75 Å². The molecular weight excluding hydrogens is 833 g/mol. The highest BCUT2D eigenvalue weighted by Gasteiger charge is 2.27. The van der Waals surface area contributed by atoms with Crippen LogP contribution in [0.5, 0.6) is 5.75 Å². The predicted molar refractivity (Wildman–Crippen MR) is 232 cm³/mol. The van der Waals surface area contributed by atoms with E-state index < -0.39 is 76.5 Å². The number of nitrogens with one attached hydrogen (secondary N) is 6. The van der Waals surface area contributed by atoms with Crippen LogP contribution in [0.2, 0.25) is 0 Å². The monoisotopic (exact) mass is 890 g/mol. The molecular formula is C40H58N8O11S2. The van der Waals surface area contributed by atoms with E-state index in [0.717, 1.165) is 5.56 Å². The van der Waals surface area contributed by atoms with E-state index in [1.54, 1.807) is 57.5 Å². The number of thiol groups is 1. The number of carbonyl (C=O) groups is 5. The highest BCUT2D eigenvalue weighted by atomic mass is 32.2. The molecule has 336 valence electrons. The fourth-order valence-electron chi connectivity index (χ4n) is 6.39. The van der Waals surface area contributed by atoms with Crippen molar-refractivity contribution in [3.63, 3.8) is 0 Å². The summed E-state index contributed by atoms with van der Waals surface area (Å²) in [5, 5.41) is 33.1. The zero-order valence-electron chi connectivity index (χ0n) is 35.0. The first-order valence-electron chi connectivity index (χ1n) is 19.8. The van der Waals surface area contributed by atoms with Crippen LogP contribution < -0.4 is 47.2 Å². The third-order valence-corrected chi connectivity index (χ3v) is 11.8. The summed E-state index contributed by atoms with van der Waals surface area (Å²) < 4.78 is 36.5. The van der Waals surface area contributed by atoms with Crippen LogP contribution in [0.4, 0.5) is 0 Å². The Kier molecular flexibility index (Phi) is 19.6. The largest absolute Gasteiger partial charge is 0.494 e. The standard InChI is InChI=1S/C40H58N8O11S2/c1-6-30(47-39(54)31(7-2)46-34(50)22-60)38(53)43-13-12-42-33(49)9-8-14-59-27-15-23(3)36(24(4)16-27)61(57,58)45-20-26(40(55)56)19-44-37(52)29-21-48(5)32-17-25(18-41)10-11-28(32)35(29)51/h10-11,15-17,21,26,30-31,34,45-46,50,60H,6-9,12-14,18-20,22,41H2,1-5H3,(H,42,49)(H,43,53)(H,44,52)(H,47,54)(H,55,56)/t26?,30-,31-,34?/m0/s1. The fourth-order valence-corrected chi connectivity index (χ4v) is 8.02. The summed E-state index contributed by atoms with van der Waals surface area (Å²) in [6.45, 7) is 6.28. The third-order valence-electron chi connectivity index (χ3n) is 9.71. The topological polar surface area (TPSA) is 289 Å². The van der Waals surface area contributed by atoms with Gasteiger partial charge in [-0.1, -0.05) is 19.9 Å². The highest BCUT2D eigenvalue weighted by molar-refractivity contribution is 7.89. The molecule has 19 nitrogen and oxygen atoms in total. The van der Waals surface area contributed by atoms with Crippen molar-refractivity contribution < 1.29 is 47.3 Å². The molecule has 0 fully saturated rings. The number of nitrogens with zero attached hydrogens (tertiary/aromatic N) is 1. The van der Waals surface area contributed by atoms with Gasteiger partial charge in [0.15, 0.2) is 0 Å². The van der Waals surface area contributed by atoms with Gasteiger partial charge >= 0.3 is 5.97 Å². The number of aliphatic carboxylic acids is 1. The van der Waals surface area contributed by atoms with Crippen LogP contribution in [0.1, 0.15) is 66.6 Å². The summed E-state index contributed by atoms with van der Waals surface area (Å²) in [4.78, 5) is 75.7. The zero-order chi connectivity index (χ0) is 45.4. The quantitative estimate of drug-likeness (QED) is 0.0303. The molecule has 10 N–H and O–H groups in total. The number of pyridine rings is 1. The minimum Gasteiger partial charge on any atom is -0.494 e. The van der Waals surface area contributed by atoms with E-state index in [2.05, 4.69) is 43.9 Å². The van der Waals surface area contributed by atoms with Gasteiger partial charge in [-0.2, -0.15) is 12.6 Å². The number of rotatable bonds is 25. The normalized spacial score (nSPS) is 13.4. The number of aromatic nitrogens is 1. The van der Waals surface area contributed by atoms with Crippen LogP contribution in [-0.4, -0.2) is 110 Å². The average molecular weight is 891 g/mol. The molecule has 0 aliphatic carbocycles. The molecule has 3 rings (SSSR count). The number of carbonyl (C=O) groups excluding carboxylic acids is 4. The molecule has 4 amide bonds. The number of hydrogen-bond acceptors (Lipinski definition) is 13. The molecule has 1 aromatic heterocycles. The number of sulfonamides is 1. The number of benzene rings is 2. The Hall–Kier alpha value is -5.06. The number of fused-ring (bicyclic) bond motifs is 1. The van der Waals surface area contributed by atoms with Crippen molar-refractivity contribution in [3.05, 3.63) is 69.0 Å². The van der Waals surface area contributed by atoms with Crippen molar-refractivity contribution in [1.82, 2.24) is 35.9 Å². The number of amides is 4. The number of aliphatic hydroxyl groups excluding tert-OH is 1.